The van der Waals surface area contributed by atoms with Gasteiger partial charge in [-0.2, -0.15) is 8.78 Å². The van der Waals surface area contributed by atoms with Crippen molar-refractivity contribution in [3.63, 3.8) is 0 Å². The monoisotopic (exact) mass is 244 g/mol. The number of carbonyl (C=O) groups is 1. The zero-order chi connectivity index (χ0) is 13.1. The number of halogens is 2. The highest BCUT2D eigenvalue weighted by Crippen LogP contribution is 2.36. The molecule has 1 aromatic rings. The summed E-state index contributed by atoms with van der Waals surface area (Å²) < 4.78 is 36.5. The van der Waals surface area contributed by atoms with E-state index in [-0.39, 0.29) is 5.75 Å². The molecule has 3 nitrogen and oxygen atoms in total. The lowest BCUT2D eigenvalue weighted by Gasteiger charge is -2.17. The lowest BCUT2D eigenvalue weighted by atomic mass is 10.0. The van der Waals surface area contributed by atoms with Crippen LogP contribution in [0.2, 0.25) is 0 Å². The number of benzene rings is 1. The van der Waals surface area contributed by atoms with Gasteiger partial charge >= 0.3 is 11.9 Å². The first-order valence-corrected chi connectivity index (χ1v) is 5.11. The van der Waals surface area contributed by atoms with Crippen LogP contribution in [0.1, 0.15) is 18.1 Å². The molecule has 0 aliphatic heterocycles. The van der Waals surface area contributed by atoms with Crippen LogP contribution in [0.3, 0.4) is 0 Å². The largest absolute Gasteiger partial charge is 0.496 e. The summed E-state index contributed by atoms with van der Waals surface area (Å²) in [6.45, 7) is 1.84. The molecular weight excluding hydrogens is 230 g/mol. The maximum absolute atomic E-state index is 13.8. The zero-order valence-corrected chi connectivity index (χ0v) is 9.92. The Kier molecular flexibility index (Phi) is 4.04. The molecular formula is C12H14F2O3. The van der Waals surface area contributed by atoms with Crippen LogP contribution in [0.15, 0.2) is 18.2 Å². The van der Waals surface area contributed by atoms with Gasteiger partial charge in [0.25, 0.3) is 0 Å². The number of aryl methyl sites for hydroxylation is 1. The molecule has 0 unspecified atom stereocenters. The summed E-state index contributed by atoms with van der Waals surface area (Å²) >= 11 is 0. The van der Waals surface area contributed by atoms with Gasteiger partial charge in [-0.1, -0.05) is 13.0 Å². The smallest absolute Gasteiger partial charge is 0.381 e. The molecule has 0 aromatic heterocycles. The second-order valence-electron chi connectivity index (χ2n) is 3.45. The molecule has 0 aliphatic carbocycles. The van der Waals surface area contributed by atoms with Crippen molar-refractivity contribution in [2.75, 3.05) is 14.2 Å². The van der Waals surface area contributed by atoms with Crippen molar-refractivity contribution in [1.82, 2.24) is 0 Å². The third-order valence-corrected chi connectivity index (χ3v) is 2.45. The SMILES string of the molecule is CCc1ccc(OC)c(C(F)(F)C(=O)OC)c1. The summed E-state index contributed by atoms with van der Waals surface area (Å²) in [6, 6.07) is 4.36. The molecule has 94 valence electrons. The summed E-state index contributed by atoms with van der Waals surface area (Å²) in [7, 11) is 2.20. The lowest BCUT2D eigenvalue weighted by molar-refractivity contribution is -0.170. The Morgan fingerprint density at radius 2 is 2.00 bits per heavy atom. The molecule has 1 rings (SSSR count). The molecule has 0 saturated carbocycles. The summed E-state index contributed by atoms with van der Waals surface area (Å²) in [4.78, 5) is 11.1. The van der Waals surface area contributed by atoms with Crippen molar-refractivity contribution in [3.8, 4) is 5.75 Å². The average Bonchev–Trinajstić information content (AvgIpc) is 2.36. The van der Waals surface area contributed by atoms with Crippen LogP contribution in [0, 0.1) is 0 Å². The van der Waals surface area contributed by atoms with Crippen LogP contribution in [-0.2, 0) is 21.9 Å². The maximum Gasteiger partial charge on any atom is 0.381 e. The minimum Gasteiger partial charge on any atom is -0.496 e. The zero-order valence-electron chi connectivity index (χ0n) is 9.92. The van der Waals surface area contributed by atoms with E-state index in [0.717, 1.165) is 7.11 Å². The maximum atomic E-state index is 13.8. The van der Waals surface area contributed by atoms with E-state index in [1.807, 2.05) is 6.92 Å². The van der Waals surface area contributed by atoms with E-state index in [2.05, 4.69) is 4.74 Å². The molecule has 0 spiro atoms. The van der Waals surface area contributed by atoms with Crippen molar-refractivity contribution in [3.05, 3.63) is 29.3 Å². The third kappa shape index (κ3) is 2.54. The number of rotatable bonds is 4. The van der Waals surface area contributed by atoms with Crippen molar-refractivity contribution >= 4 is 5.97 Å². The van der Waals surface area contributed by atoms with Gasteiger partial charge in [0.2, 0.25) is 0 Å². The Balaban J connectivity index is 3.31. The average molecular weight is 244 g/mol. The van der Waals surface area contributed by atoms with Crippen LogP contribution in [-0.4, -0.2) is 20.2 Å². The van der Waals surface area contributed by atoms with Crippen molar-refractivity contribution in [1.29, 1.82) is 0 Å². The minimum atomic E-state index is -3.70. The first kappa shape index (κ1) is 13.4. The number of ether oxygens (including phenoxy) is 2. The molecule has 0 N–H and O–H groups in total. The Labute approximate surface area is 98.3 Å². The van der Waals surface area contributed by atoms with Crippen molar-refractivity contribution < 1.29 is 23.0 Å². The van der Waals surface area contributed by atoms with Gasteiger partial charge in [-0.25, -0.2) is 4.79 Å². The first-order valence-electron chi connectivity index (χ1n) is 5.11. The number of carbonyl (C=O) groups excluding carboxylic acids is 1. The minimum absolute atomic E-state index is 0.0300. The van der Waals surface area contributed by atoms with E-state index in [0.29, 0.717) is 12.0 Å². The van der Waals surface area contributed by atoms with Crippen LogP contribution in [0.4, 0.5) is 8.78 Å². The van der Waals surface area contributed by atoms with Gasteiger partial charge in [0, 0.05) is 0 Å². The summed E-state index contributed by atoms with van der Waals surface area (Å²) in [5, 5.41) is 0. The predicted molar refractivity (Wildman–Crippen MR) is 58.3 cm³/mol. The quantitative estimate of drug-likeness (QED) is 0.763. The van der Waals surface area contributed by atoms with Crippen molar-refractivity contribution in [2.24, 2.45) is 0 Å². The van der Waals surface area contributed by atoms with Gasteiger partial charge < -0.3 is 9.47 Å². The topological polar surface area (TPSA) is 35.5 Å². The molecule has 0 heterocycles. The third-order valence-electron chi connectivity index (χ3n) is 2.45. The first-order chi connectivity index (χ1) is 7.97. The van der Waals surface area contributed by atoms with Gasteiger partial charge in [-0.15, -0.1) is 0 Å². The van der Waals surface area contributed by atoms with E-state index in [4.69, 9.17) is 4.74 Å². The van der Waals surface area contributed by atoms with Gasteiger partial charge in [0.05, 0.1) is 19.8 Å². The summed E-state index contributed by atoms with van der Waals surface area (Å²) in [6.07, 6.45) is 0.592. The summed E-state index contributed by atoms with van der Waals surface area (Å²) in [5.41, 5.74) is 0.232. The highest BCUT2D eigenvalue weighted by molar-refractivity contribution is 5.80. The van der Waals surface area contributed by atoms with Crippen LogP contribution >= 0.6 is 0 Å². The fourth-order valence-corrected chi connectivity index (χ4v) is 1.46. The van der Waals surface area contributed by atoms with E-state index in [9.17, 15) is 13.6 Å². The number of esters is 1. The van der Waals surface area contributed by atoms with E-state index < -0.39 is 17.5 Å². The van der Waals surface area contributed by atoms with E-state index in [1.165, 1.54) is 19.2 Å². The van der Waals surface area contributed by atoms with Crippen molar-refractivity contribution in [2.45, 2.75) is 19.3 Å². The Morgan fingerprint density at radius 3 is 2.47 bits per heavy atom. The number of hydrogen-bond donors (Lipinski definition) is 0. The number of hydrogen-bond acceptors (Lipinski definition) is 3. The predicted octanol–water partition coefficient (Wildman–Crippen LogP) is 2.52. The molecule has 17 heavy (non-hydrogen) atoms. The highest BCUT2D eigenvalue weighted by atomic mass is 19.3. The Bertz CT molecular complexity index is 416. The molecule has 0 bridgehead atoms. The highest BCUT2D eigenvalue weighted by Gasteiger charge is 2.44. The number of methoxy groups -OCH3 is 2. The molecule has 0 radical (unpaired) electrons. The molecule has 0 aliphatic rings. The molecule has 0 fully saturated rings. The lowest BCUT2D eigenvalue weighted by Crippen LogP contribution is -2.28. The van der Waals surface area contributed by atoms with Gasteiger partial charge in [0.15, 0.2) is 0 Å². The van der Waals surface area contributed by atoms with Gasteiger partial charge in [-0.05, 0) is 24.1 Å². The Morgan fingerprint density at radius 1 is 1.35 bits per heavy atom. The van der Waals surface area contributed by atoms with E-state index in [1.54, 1.807) is 6.07 Å². The normalized spacial score (nSPS) is 11.1. The Hall–Kier alpha value is -1.65. The fraction of sp³-hybridized carbons (Fsp3) is 0.417. The second kappa shape index (κ2) is 5.12. The van der Waals surface area contributed by atoms with Crippen LogP contribution < -0.4 is 4.74 Å². The molecule has 0 atom stereocenters. The summed E-state index contributed by atoms with van der Waals surface area (Å²) in [5.74, 6) is -5.33. The van der Waals surface area contributed by atoms with Crippen LogP contribution in [0.25, 0.3) is 0 Å². The molecule has 1 aromatic carbocycles. The van der Waals surface area contributed by atoms with Crippen LogP contribution in [0.5, 0.6) is 5.75 Å². The fourth-order valence-electron chi connectivity index (χ4n) is 1.46. The second-order valence-corrected chi connectivity index (χ2v) is 3.45. The van der Waals surface area contributed by atoms with E-state index >= 15 is 0 Å². The standard InChI is InChI=1S/C12H14F2O3/c1-4-8-5-6-10(16-2)9(7-8)12(13,14)11(15)17-3/h5-7H,4H2,1-3H3. The van der Waals surface area contributed by atoms with Gasteiger partial charge in [-0.3, -0.25) is 0 Å². The molecule has 5 heteroatoms. The number of alkyl halides is 2. The van der Waals surface area contributed by atoms with Gasteiger partial charge in [0.1, 0.15) is 5.75 Å². The molecule has 0 saturated heterocycles. The molecule has 0 amide bonds.